The van der Waals surface area contributed by atoms with Crippen molar-refractivity contribution in [1.82, 2.24) is 0 Å². The minimum Gasteiger partial charge on any atom is -0.462 e. The maximum absolute atomic E-state index is 12.9. The Hall–Kier alpha value is -3.93. The molecule has 0 aliphatic carbocycles. The summed E-state index contributed by atoms with van der Waals surface area (Å²) in [5.74, 6) is -0.970. The fourth-order valence-corrected chi connectivity index (χ4v) is 8.23. The van der Waals surface area contributed by atoms with Crippen LogP contribution in [0, 0.1) is 0 Å². The minimum atomic E-state index is -0.808. The van der Waals surface area contributed by atoms with E-state index in [1.165, 1.54) is 116 Å². The van der Waals surface area contributed by atoms with Gasteiger partial charge in [0, 0.05) is 19.3 Å². The molecule has 0 saturated carbocycles. The molecule has 0 amide bonds. The summed E-state index contributed by atoms with van der Waals surface area (Å²) in [6.07, 6.45) is 82.3. The lowest BCUT2D eigenvalue weighted by molar-refractivity contribution is -0.167. The van der Waals surface area contributed by atoms with Crippen LogP contribution in [0.5, 0.6) is 0 Å². The van der Waals surface area contributed by atoms with Crippen LogP contribution in [-0.4, -0.2) is 37.2 Å². The standard InChI is InChI=1S/C67H112O6/c1-4-7-10-13-16-19-22-25-28-30-31-32-33-34-35-37-39-42-45-48-51-54-57-60-66(69)72-63-64(62-71-65(68)59-56-53-50-47-44-41-38-27-24-21-18-15-12-9-6-3)73-67(70)61-58-55-52-49-46-43-40-36-29-26-23-20-17-14-11-8-5-2/h7,10,16,18-19,21,25,27-28,31-32,34-35,38-39,42,48,51,64H,4-6,8-9,11-15,17,20,22-24,26,29-30,33,36-37,40-41,43-47,49-50,52-63H2,1-3H3/b10-7-,19-16-,21-18-,28-25-,32-31-,35-34-,38-27-,42-39-,51-48-. The van der Waals surface area contributed by atoms with Gasteiger partial charge < -0.3 is 14.2 Å². The lowest BCUT2D eigenvalue weighted by Gasteiger charge is -2.18. The number of carbonyl (C=O) groups excluding carboxylic acids is 3. The molecule has 0 saturated heterocycles. The molecule has 0 aliphatic rings. The van der Waals surface area contributed by atoms with E-state index in [0.29, 0.717) is 19.3 Å². The third-order valence-corrected chi connectivity index (χ3v) is 12.8. The van der Waals surface area contributed by atoms with Gasteiger partial charge >= 0.3 is 17.9 Å². The van der Waals surface area contributed by atoms with Crippen LogP contribution in [0.1, 0.15) is 278 Å². The van der Waals surface area contributed by atoms with Crippen molar-refractivity contribution in [1.29, 1.82) is 0 Å². The van der Waals surface area contributed by atoms with E-state index in [4.69, 9.17) is 14.2 Å². The predicted octanol–water partition coefficient (Wildman–Crippen LogP) is 20.7. The van der Waals surface area contributed by atoms with Gasteiger partial charge in [0.15, 0.2) is 6.10 Å². The zero-order valence-electron chi connectivity index (χ0n) is 47.6. The van der Waals surface area contributed by atoms with E-state index in [1.54, 1.807) is 0 Å². The quantitative estimate of drug-likeness (QED) is 0.0261. The highest BCUT2D eigenvalue weighted by molar-refractivity contribution is 5.71. The Morgan fingerprint density at radius 3 is 0.918 bits per heavy atom. The fourth-order valence-electron chi connectivity index (χ4n) is 8.23. The molecule has 73 heavy (non-hydrogen) atoms. The zero-order chi connectivity index (χ0) is 52.9. The molecule has 0 N–H and O–H groups in total. The molecule has 6 nitrogen and oxygen atoms in total. The van der Waals surface area contributed by atoms with Gasteiger partial charge in [-0.05, 0) is 103 Å². The van der Waals surface area contributed by atoms with Gasteiger partial charge in [0.25, 0.3) is 0 Å². The molecule has 0 aromatic rings. The Morgan fingerprint density at radius 2 is 0.548 bits per heavy atom. The fraction of sp³-hybridized carbons (Fsp3) is 0.687. The Kier molecular flexibility index (Phi) is 57.4. The van der Waals surface area contributed by atoms with Gasteiger partial charge in [-0.2, -0.15) is 0 Å². The molecular weight excluding hydrogens is 901 g/mol. The van der Waals surface area contributed by atoms with Crippen molar-refractivity contribution in [2.45, 2.75) is 284 Å². The number of rotatable bonds is 54. The summed E-state index contributed by atoms with van der Waals surface area (Å²) >= 11 is 0. The number of carbonyl (C=O) groups is 3. The Labute approximate surface area is 450 Å². The van der Waals surface area contributed by atoms with E-state index in [0.717, 1.165) is 116 Å². The molecule has 0 spiro atoms. The lowest BCUT2D eigenvalue weighted by atomic mass is 10.0. The van der Waals surface area contributed by atoms with Crippen LogP contribution in [-0.2, 0) is 28.6 Å². The van der Waals surface area contributed by atoms with Crippen LogP contribution >= 0.6 is 0 Å². The van der Waals surface area contributed by atoms with Crippen LogP contribution < -0.4 is 0 Å². The van der Waals surface area contributed by atoms with Crippen molar-refractivity contribution in [3.8, 4) is 0 Å². The van der Waals surface area contributed by atoms with Crippen LogP contribution in [0.2, 0.25) is 0 Å². The van der Waals surface area contributed by atoms with Gasteiger partial charge in [-0.15, -0.1) is 0 Å². The number of allylic oxidation sites excluding steroid dienone is 18. The molecule has 1 atom stereocenters. The first kappa shape index (κ1) is 69.1. The molecule has 0 heterocycles. The van der Waals surface area contributed by atoms with Crippen molar-refractivity contribution in [3.63, 3.8) is 0 Å². The molecule has 0 aliphatic heterocycles. The minimum absolute atomic E-state index is 0.103. The van der Waals surface area contributed by atoms with Gasteiger partial charge in [0.1, 0.15) is 13.2 Å². The Morgan fingerprint density at radius 1 is 0.288 bits per heavy atom. The summed E-state index contributed by atoms with van der Waals surface area (Å²) in [6, 6.07) is 0. The first-order chi connectivity index (χ1) is 36.0. The first-order valence-electron chi connectivity index (χ1n) is 30.4. The Bertz CT molecular complexity index is 1490. The maximum atomic E-state index is 12.9. The monoisotopic (exact) mass is 1010 g/mol. The number of ether oxygens (including phenoxy) is 3. The number of hydrogen-bond acceptors (Lipinski definition) is 6. The summed E-state index contributed by atoms with van der Waals surface area (Å²) in [7, 11) is 0. The molecule has 1 unspecified atom stereocenters. The van der Waals surface area contributed by atoms with E-state index in [1.807, 2.05) is 0 Å². The van der Waals surface area contributed by atoms with Crippen LogP contribution in [0.4, 0.5) is 0 Å². The van der Waals surface area contributed by atoms with Gasteiger partial charge in [0.2, 0.25) is 0 Å². The van der Waals surface area contributed by atoms with E-state index in [-0.39, 0.29) is 37.5 Å². The third-order valence-electron chi connectivity index (χ3n) is 12.8. The zero-order valence-corrected chi connectivity index (χ0v) is 47.6. The van der Waals surface area contributed by atoms with Crippen molar-refractivity contribution in [2.24, 2.45) is 0 Å². The summed E-state index contributed by atoms with van der Waals surface area (Å²) in [4.78, 5) is 38.2. The van der Waals surface area contributed by atoms with Crippen LogP contribution in [0.15, 0.2) is 109 Å². The second-order valence-corrected chi connectivity index (χ2v) is 19.9. The molecule has 0 aromatic heterocycles. The number of esters is 3. The molecule has 0 bridgehead atoms. The largest absolute Gasteiger partial charge is 0.462 e. The van der Waals surface area contributed by atoms with Crippen molar-refractivity contribution < 1.29 is 28.6 Å². The van der Waals surface area contributed by atoms with Crippen LogP contribution in [0.3, 0.4) is 0 Å². The van der Waals surface area contributed by atoms with Gasteiger partial charge in [0.05, 0.1) is 0 Å². The van der Waals surface area contributed by atoms with E-state index < -0.39 is 6.10 Å². The van der Waals surface area contributed by atoms with Gasteiger partial charge in [-0.3, -0.25) is 14.4 Å². The van der Waals surface area contributed by atoms with E-state index >= 15 is 0 Å². The normalized spacial score (nSPS) is 12.9. The third kappa shape index (κ3) is 58.8. The average molecular weight is 1010 g/mol. The molecular formula is C67H112O6. The SMILES string of the molecule is CC/C=C\C/C=C\C/C=C\C/C=C\C/C=C\C/C=C\C/C=C\CCCC(=O)OCC(COC(=O)CCCCCCC/C=C\C/C=C\CCCCC)OC(=O)CCCCCCCCCCCCCCCCCCC. The maximum Gasteiger partial charge on any atom is 0.306 e. The van der Waals surface area contributed by atoms with Crippen molar-refractivity contribution in [3.05, 3.63) is 109 Å². The van der Waals surface area contributed by atoms with Crippen LogP contribution in [0.25, 0.3) is 0 Å². The van der Waals surface area contributed by atoms with Gasteiger partial charge in [-0.1, -0.05) is 265 Å². The predicted molar refractivity (Wildman–Crippen MR) is 316 cm³/mol. The second-order valence-electron chi connectivity index (χ2n) is 19.9. The van der Waals surface area contributed by atoms with Crippen molar-refractivity contribution in [2.75, 3.05) is 13.2 Å². The smallest absolute Gasteiger partial charge is 0.306 e. The topological polar surface area (TPSA) is 78.9 Å². The van der Waals surface area contributed by atoms with E-state index in [2.05, 4.69) is 130 Å². The summed E-state index contributed by atoms with van der Waals surface area (Å²) in [5.41, 5.74) is 0. The summed E-state index contributed by atoms with van der Waals surface area (Å²) in [6.45, 7) is 6.46. The molecule has 0 radical (unpaired) electrons. The molecule has 0 fully saturated rings. The summed E-state index contributed by atoms with van der Waals surface area (Å²) in [5, 5.41) is 0. The molecule has 416 valence electrons. The molecule has 6 heteroatoms. The molecule has 0 rings (SSSR count). The highest BCUT2D eigenvalue weighted by Crippen LogP contribution is 2.16. The second kappa shape index (κ2) is 60.6. The number of unbranched alkanes of at least 4 members (excludes halogenated alkanes) is 25. The highest BCUT2D eigenvalue weighted by atomic mass is 16.6. The average Bonchev–Trinajstić information content (AvgIpc) is 3.39. The Balaban J connectivity index is 4.49. The molecule has 0 aromatic carbocycles. The van der Waals surface area contributed by atoms with E-state index in [9.17, 15) is 14.4 Å². The highest BCUT2D eigenvalue weighted by Gasteiger charge is 2.19. The van der Waals surface area contributed by atoms with Crippen molar-refractivity contribution >= 4 is 17.9 Å². The number of hydrogen-bond donors (Lipinski definition) is 0. The first-order valence-corrected chi connectivity index (χ1v) is 30.4. The lowest BCUT2D eigenvalue weighted by Crippen LogP contribution is -2.30. The van der Waals surface area contributed by atoms with Gasteiger partial charge in [-0.25, -0.2) is 0 Å². The summed E-state index contributed by atoms with van der Waals surface area (Å²) < 4.78 is 16.8.